The topological polar surface area (TPSA) is 82.8 Å². The first-order valence-electron chi connectivity index (χ1n) is 5.67. The van der Waals surface area contributed by atoms with E-state index in [0.717, 1.165) is 18.7 Å². The number of hydrogen-bond acceptors (Lipinski definition) is 4. The number of aromatic nitrogens is 3. The Morgan fingerprint density at radius 2 is 1.82 bits per heavy atom. The van der Waals surface area contributed by atoms with Crippen molar-refractivity contribution in [3.05, 3.63) is 41.2 Å². The molecule has 5 heteroatoms. The number of hydrogen-bond donors (Lipinski definition) is 2. The molecule has 4 N–H and O–H groups in total. The predicted molar refractivity (Wildman–Crippen MR) is 65.8 cm³/mol. The molecule has 0 aliphatic heterocycles. The summed E-state index contributed by atoms with van der Waals surface area (Å²) in [5.74, 6) is 6.89. The summed E-state index contributed by atoms with van der Waals surface area (Å²) in [6, 6.07) is 8.48. The van der Waals surface area contributed by atoms with Gasteiger partial charge in [0.2, 0.25) is 5.95 Å². The van der Waals surface area contributed by atoms with Crippen LogP contribution in [0.5, 0.6) is 0 Å². The van der Waals surface area contributed by atoms with E-state index in [-0.39, 0.29) is 11.4 Å². The fourth-order valence-electron chi connectivity index (χ4n) is 2.27. The minimum Gasteiger partial charge on any atom is -0.366 e. The molecule has 0 amide bonds. The third-order valence-electron chi connectivity index (χ3n) is 3.50. The van der Waals surface area contributed by atoms with Gasteiger partial charge < -0.3 is 11.6 Å². The highest BCUT2D eigenvalue weighted by atomic mass is 15.5. The van der Waals surface area contributed by atoms with E-state index >= 15 is 0 Å². The van der Waals surface area contributed by atoms with E-state index in [1.807, 2.05) is 0 Å². The van der Waals surface area contributed by atoms with Gasteiger partial charge in [-0.3, -0.25) is 0 Å². The first kappa shape index (κ1) is 10.1. The van der Waals surface area contributed by atoms with Gasteiger partial charge in [-0.15, -0.1) is 10.2 Å². The maximum absolute atomic E-state index is 5.86. The number of aryl methyl sites for hydroxylation is 1. The average molecular weight is 229 g/mol. The number of anilines is 1. The first-order chi connectivity index (χ1) is 8.13. The zero-order valence-corrected chi connectivity index (χ0v) is 9.72. The molecule has 5 nitrogen and oxygen atoms in total. The van der Waals surface area contributed by atoms with Crippen LogP contribution >= 0.6 is 0 Å². The van der Waals surface area contributed by atoms with Crippen LogP contribution in [0.2, 0.25) is 0 Å². The molecule has 0 saturated heterocycles. The normalized spacial score (nSPS) is 17.0. The first-order valence-corrected chi connectivity index (χ1v) is 5.67. The van der Waals surface area contributed by atoms with E-state index in [0.29, 0.717) is 0 Å². The van der Waals surface area contributed by atoms with Gasteiger partial charge >= 0.3 is 0 Å². The summed E-state index contributed by atoms with van der Waals surface area (Å²) in [7, 11) is 0. The van der Waals surface area contributed by atoms with Crippen molar-refractivity contribution in [3.63, 3.8) is 0 Å². The summed E-state index contributed by atoms with van der Waals surface area (Å²) in [5, 5.41) is 7.94. The van der Waals surface area contributed by atoms with Crippen molar-refractivity contribution >= 4 is 5.95 Å². The average Bonchev–Trinajstić information content (AvgIpc) is 3.05. The van der Waals surface area contributed by atoms with Crippen molar-refractivity contribution in [2.75, 3.05) is 11.6 Å². The summed E-state index contributed by atoms with van der Waals surface area (Å²) in [5.41, 5.74) is 8.04. The molecule has 0 radical (unpaired) electrons. The van der Waals surface area contributed by atoms with Crippen molar-refractivity contribution in [2.45, 2.75) is 25.2 Å². The van der Waals surface area contributed by atoms with E-state index in [9.17, 15) is 0 Å². The van der Waals surface area contributed by atoms with Crippen LogP contribution in [0, 0.1) is 6.92 Å². The number of nitrogens with zero attached hydrogens (tertiary/aromatic N) is 3. The van der Waals surface area contributed by atoms with Crippen LogP contribution in [-0.2, 0) is 5.41 Å². The largest absolute Gasteiger partial charge is 0.366 e. The summed E-state index contributed by atoms with van der Waals surface area (Å²) >= 11 is 0. The Morgan fingerprint density at radius 1 is 1.18 bits per heavy atom. The van der Waals surface area contributed by atoms with Gasteiger partial charge in [-0.25, -0.2) is 4.68 Å². The van der Waals surface area contributed by atoms with Crippen LogP contribution < -0.4 is 11.6 Å². The summed E-state index contributed by atoms with van der Waals surface area (Å²) in [6.45, 7) is 2.08. The standard InChI is InChI=1S/C12H15N5/c1-8-2-4-9(5-3-8)12(6-7-12)10-15-16-11(13)17(10)14/h2-5H,6-7,14H2,1H3,(H2,13,16). The minimum absolute atomic E-state index is 0.0763. The zero-order valence-electron chi connectivity index (χ0n) is 9.72. The van der Waals surface area contributed by atoms with Crippen molar-refractivity contribution in [3.8, 4) is 0 Å². The van der Waals surface area contributed by atoms with Crippen molar-refractivity contribution in [1.82, 2.24) is 14.9 Å². The molecule has 1 aromatic heterocycles. The molecular formula is C12H15N5. The lowest BCUT2D eigenvalue weighted by Crippen LogP contribution is -2.22. The van der Waals surface area contributed by atoms with E-state index < -0.39 is 0 Å². The minimum atomic E-state index is -0.0763. The van der Waals surface area contributed by atoms with Gasteiger partial charge in [0.25, 0.3) is 0 Å². The lowest BCUT2D eigenvalue weighted by molar-refractivity contribution is 0.715. The SMILES string of the molecule is Cc1ccc(C2(c3nnc(N)n3N)CC2)cc1. The van der Waals surface area contributed by atoms with Crippen molar-refractivity contribution in [1.29, 1.82) is 0 Å². The van der Waals surface area contributed by atoms with Crippen LogP contribution in [0.3, 0.4) is 0 Å². The maximum Gasteiger partial charge on any atom is 0.240 e. The fraction of sp³-hybridized carbons (Fsp3) is 0.333. The Bertz CT molecular complexity index is 551. The molecule has 0 atom stereocenters. The molecule has 1 aliphatic rings. The van der Waals surface area contributed by atoms with Crippen molar-refractivity contribution < 1.29 is 0 Å². The van der Waals surface area contributed by atoms with Crippen LogP contribution in [0.4, 0.5) is 5.95 Å². The second-order valence-electron chi connectivity index (χ2n) is 4.70. The molecule has 1 aromatic carbocycles. The lowest BCUT2D eigenvalue weighted by Gasteiger charge is -2.14. The maximum atomic E-state index is 5.86. The Kier molecular flexibility index (Phi) is 1.92. The molecule has 0 spiro atoms. The van der Waals surface area contributed by atoms with Gasteiger partial charge in [-0.05, 0) is 25.3 Å². The predicted octanol–water partition coefficient (Wildman–Crippen LogP) is 0.962. The Morgan fingerprint density at radius 3 is 2.29 bits per heavy atom. The smallest absolute Gasteiger partial charge is 0.240 e. The van der Waals surface area contributed by atoms with E-state index in [1.54, 1.807) is 0 Å². The molecule has 1 aliphatic carbocycles. The number of benzene rings is 1. The third kappa shape index (κ3) is 1.39. The Labute approximate surface area is 99.4 Å². The molecule has 0 bridgehead atoms. The monoisotopic (exact) mass is 229 g/mol. The molecule has 3 rings (SSSR count). The highest BCUT2D eigenvalue weighted by Crippen LogP contribution is 2.52. The Hall–Kier alpha value is -2.04. The summed E-state index contributed by atoms with van der Waals surface area (Å²) < 4.78 is 1.40. The van der Waals surface area contributed by atoms with Crippen LogP contribution in [0.15, 0.2) is 24.3 Å². The molecule has 88 valence electrons. The fourth-order valence-corrected chi connectivity index (χ4v) is 2.27. The number of rotatable bonds is 2. The molecule has 2 aromatic rings. The van der Waals surface area contributed by atoms with Gasteiger partial charge in [-0.1, -0.05) is 29.8 Å². The highest BCUT2D eigenvalue weighted by Gasteiger charge is 2.50. The van der Waals surface area contributed by atoms with Gasteiger partial charge in [-0.2, -0.15) is 0 Å². The number of nitrogens with two attached hydrogens (primary N) is 2. The van der Waals surface area contributed by atoms with Crippen LogP contribution in [-0.4, -0.2) is 14.9 Å². The van der Waals surface area contributed by atoms with Gasteiger partial charge in [0, 0.05) is 0 Å². The second-order valence-corrected chi connectivity index (χ2v) is 4.70. The van der Waals surface area contributed by atoms with E-state index in [4.69, 9.17) is 11.6 Å². The highest BCUT2D eigenvalue weighted by molar-refractivity contribution is 5.42. The summed E-state index contributed by atoms with van der Waals surface area (Å²) in [6.07, 6.45) is 2.09. The quantitative estimate of drug-likeness (QED) is 0.751. The van der Waals surface area contributed by atoms with E-state index in [2.05, 4.69) is 41.4 Å². The van der Waals surface area contributed by atoms with E-state index in [1.165, 1.54) is 15.8 Å². The van der Waals surface area contributed by atoms with Gasteiger partial charge in [0.15, 0.2) is 5.82 Å². The van der Waals surface area contributed by atoms with Crippen molar-refractivity contribution in [2.24, 2.45) is 0 Å². The lowest BCUT2D eigenvalue weighted by atomic mass is 9.94. The molecular weight excluding hydrogens is 214 g/mol. The molecule has 1 heterocycles. The molecule has 17 heavy (non-hydrogen) atoms. The summed E-state index contributed by atoms with van der Waals surface area (Å²) in [4.78, 5) is 0. The third-order valence-corrected chi connectivity index (χ3v) is 3.50. The van der Waals surface area contributed by atoms with Crippen LogP contribution in [0.25, 0.3) is 0 Å². The van der Waals surface area contributed by atoms with Crippen LogP contribution in [0.1, 0.15) is 29.8 Å². The number of nitrogen functional groups attached to an aromatic ring is 2. The Balaban J connectivity index is 2.07. The molecule has 0 unspecified atom stereocenters. The van der Waals surface area contributed by atoms with Gasteiger partial charge in [0.1, 0.15) is 0 Å². The second kappa shape index (κ2) is 3.23. The molecule has 1 fully saturated rings. The zero-order chi connectivity index (χ0) is 12.0. The van der Waals surface area contributed by atoms with Gasteiger partial charge in [0.05, 0.1) is 5.41 Å². The molecule has 1 saturated carbocycles.